The number of rotatable bonds is 8. The van der Waals surface area contributed by atoms with Gasteiger partial charge in [0.15, 0.2) is 0 Å². The summed E-state index contributed by atoms with van der Waals surface area (Å²) < 4.78 is 32.7. The highest BCUT2D eigenvalue weighted by Gasteiger charge is 2.28. The molecular formula is C23H30N4O4S2. The second-order valence-corrected chi connectivity index (χ2v) is 11.3. The number of hydrogen-bond donors (Lipinski definition) is 0. The number of hydrogen-bond acceptors (Lipinski definition) is 7. The van der Waals surface area contributed by atoms with Crippen molar-refractivity contribution in [3.05, 3.63) is 54.3 Å². The normalized spacial score (nSPS) is 18.2. The van der Waals surface area contributed by atoms with E-state index in [9.17, 15) is 13.2 Å². The van der Waals surface area contributed by atoms with Gasteiger partial charge in [0.2, 0.25) is 15.9 Å². The molecule has 3 heterocycles. The number of allylic oxidation sites excluding steroid dienone is 2. The molecule has 0 unspecified atom stereocenters. The summed E-state index contributed by atoms with van der Waals surface area (Å²) >= 11 is 1.31. The Morgan fingerprint density at radius 2 is 2.00 bits per heavy atom. The maximum atomic E-state index is 13.1. The van der Waals surface area contributed by atoms with Crippen molar-refractivity contribution in [1.29, 1.82) is 0 Å². The Morgan fingerprint density at radius 3 is 2.64 bits per heavy atom. The first kappa shape index (κ1) is 24.0. The van der Waals surface area contributed by atoms with E-state index in [1.165, 1.54) is 22.3 Å². The fraction of sp³-hybridized carbons (Fsp3) is 0.478. The lowest BCUT2D eigenvalue weighted by atomic mass is 10.0. The number of piperazine rings is 1. The number of carbonyl (C=O) groups excluding carboxylic acids is 1. The number of furan rings is 1. The van der Waals surface area contributed by atoms with Crippen LogP contribution in [-0.4, -0.2) is 72.4 Å². The molecule has 178 valence electrons. The molecule has 10 heteroatoms. The molecule has 2 aromatic heterocycles. The molecule has 1 saturated heterocycles. The molecule has 1 amide bonds. The Morgan fingerprint density at radius 1 is 1.18 bits per heavy atom. The third-order valence-corrected chi connectivity index (χ3v) is 8.77. The smallest absolute Gasteiger partial charge is 0.244 e. The Hall–Kier alpha value is -2.14. The van der Waals surface area contributed by atoms with Crippen molar-refractivity contribution in [2.75, 3.05) is 39.0 Å². The summed E-state index contributed by atoms with van der Waals surface area (Å²) in [6.45, 7) is 2.80. The largest absolute Gasteiger partial charge is 0.467 e. The molecule has 0 aromatic carbocycles. The van der Waals surface area contributed by atoms with Crippen LogP contribution in [0.2, 0.25) is 0 Å². The first-order valence-electron chi connectivity index (χ1n) is 11.2. The SMILES string of the molecule is CN1CCN(S(=O)(=O)c2ccc(SCC(=O)N(Cc3ccco3)C3=CCCCC3)nc2)CC1. The van der Waals surface area contributed by atoms with Crippen molar-refractivity contribution in [2.24, 2.45) is 0 Å². The molecule has 0 saturated carbocycles. The lowest BCUT2D eigenvalue weighted by molar-refractivity contribution is -0.127. The van der Waals surface area contributed by atoms with Crippen LogP contribution in [0.5, 0.6) is 0 Å². The van der Waals surface area contributed by atoms with E-state index in [2.05, 4.69) is 16.0 Å². The number of thioether (sulfide) groups is 1. The Balaban J connectivity index is 1.39. The standard InChI is InChI=1S/C23H30N4O4S2/c1-25-11-13-26(14-12-25)33(29,30)21-9-10-22(24-16-21)32-18-23(28)27(17-20-8-5-15-31-20)19-6-3-2-4-7-19/h5-6,8-10,15-16H,2-4,7,11-14,17-18H2,1H3. The topological polar surface area (TPSA) is 87.0 Å². The quantitative estimate of drug-likeness (QED) is 0.525. The zero-order chi connectivity index (χ0) is 23.3. The Bertz CT molecular complexity index is 1060. The molecule has 0 radical (unpaired) electrons. The van der Waals surface area contributed by atoms with Crippen LogP contribution in [0, 0.1) is 0 Å². The van der Waals surface area contributed by atoms with Gasteiger partial charge in [0.25, 0.3) is 0 Å². The van der Waals surface area contributed by atoms with Crippen molar-refractivity contribution in [1.82, 2.24) is 19.1 Å². The van der Waals surface area contributed by atoms with Crippen molar-refractivity contribution in [3.8, 4) is 0 Å². The lowest BCUT2D eigenvalue weighted by Crippen LogP contribution is -2.47. The molecule has 1 fully saturated rings. The van der Waals surface area contributed by atoms with Crippen molar-refractivity contribution in [3.63, 3.8) is 0 Å². The molecule has 2 aromatic rings. The average molecular weight is 491 g/mol. The van der Waals surface area contributed by atoms with Gasteiger partial charge in [0, 0.05) is 38.1 Å². The molecule has 0 N–H and O–H groups in total. The van der Waals surface area contributed by atoms with Crippen LogP contribution in [-0.2, 0) is 21.4 Å². The number of sulfonamides is 1. The third kappa shape index (κ3) is 6.06. The number of amides is 1. The number of aromatic nitrogens is 1. The predicted molar refractivity (Wildman–Crippen MR) is 127 cm³/mol. The van der Waals surface area contributed by atoms with E-state index in [0.717, 1.165) is 37.1 Å². The summed E-state index contributed by atoms with van der Waals surface area (Å²) in [5.74, 6) is 0.951. The lowest BCUT2D eigenvalue weighted by Gasteiger charge is -2.31. The summed E-state index contributed by atoms with van der Waals surface area (Å²) in [4.78, 5) is 21.5. The van der Waals surface area contributed by atoms with E-state index in [-0.39, 0.29) is 16.6 Å². The van der Waals surface area contributed by atoms with Gasteiger partial charge in [0.1, 0.15) is 10.7 Å². The fourth-order valence-electron chi connectivity index (χ4n) is 3.97. The molecule has 33 heavy (non-hydrogen) atoms. The predicted octanol–water partition coefficient (Wildman–Crippen LogP) is 3.19. The van der Waals surface area contributed by atoms with Gasteiger partial charge in [-0.25, -0.2) is 13.4 Å². The molecule has 0 atom stereocenters. The molecule has 1 aliphatic carbocycles. The zero-order valence-corrected chi connectivity index (χ0v) is 20.5. The summed E-state index contributed by atoms with van der Waals surface area (Å²) in [5, 5.41) is 0.622. The van der Waals surface area contributed by atoms with Crippen LogP contribution in [0.25, 0.3) is 0 Å². The van der Waals surface area contributed by atoms with E-state index in [1.807, 2.05) is 19.2 Å². The summed E-state index contributed by atoms with van der Waals surface area (Å²) in [6, 6.07) is 6.96. The first-order chi connectivity index (χ1) is 15.9. The van der Waals surface area contributed by atoms with Gasteiger partial charge in [-0.1, -0.05) is 17.8 Å². The van der Waals surface area contributed by atoms with Crippen molar-refractivity contribution < 1.29 is 17.6 Å². The third-order valence-electron chi connectivity index (χ3n) is 5.96. The number of likely N-dealkylation sites (N-methyl/N-ethyl adjacent to an activating group) is 1. The van der Waals surface area contributed by atoms with Gasteiger partial charge in [-0.05, 0) is 57.0 Å². The van der Waals surface area contributed by atoms with Gasteiger partial charge in [-0.3, -0.25) is 4.79 Å². The van der Waals surface area contributed by atoms with Gasteiger partial charge >= 0.3 is 0 Å². The Kier molecular flexibility index (Phi) is 7.90. The summed E-state index contributed by atoms with van der Waals surface area (Å²) in [7, 11) is -1.56. The van der Waals surface area contributed by atoms with Crippen LogP contribution in [0.1, 0.15) is 31.4 Å². The molecular weight excluding hydrogens is 460 g/mol. The maximum absolute atomic E-state index is 13.1. The molecule has 2 aliphatic rings. The van der Waals surface area contributed by atoms with Crippen LogP contribution < -0.4 is 0 Å². The maximum Gasteiger partial charge on any atom is 0.244 e. The highest BCUT2D eigenvalue weighted by Crippen LogP contribution is 2.26. The number of pyridine rings is 1. The zero-order valence-electron chi connectivity index (χ0n) is 18.9. The average Bonchev–Trinajstić information content (AvgIpc) is 3.35. The van der Waals surface area contributed by atoms with E-state index >= 15 is 0 Å². The minimum atomic E-state index is -3.55. The summed E-state index contributed by atoms with van der Waals surface area (Å²) in [6.07, 6.45) is 9.24. The van der Waals surface area contributed by atoms with Gasteiger partial charge in [-0.2, -0.15) is 4.31 Å². The minimum absolute atomic E-state index is 0.0134. The second-order valence-electron chi connectivity index (χ2n) is 8.33. The van der Waals surface area contributed by atoms with Crippen molar-refractivity contribution in [2.45, 2.75) is 42.1 Å². The molecule has 8 nitrogen and oxygen atoms in total. The molecule has 4 rings (SSSR count). The molecule has 0 spiro atoms. The van der Waals surface area contributed by atoms with E-state index in [4.69, 9.17) is 4.42 Å². The molecule has 1 aliphatic heterocycles. The van der Waals surface area contributed by atoms with Crippen LogP contribution in [0.3, 0.4) is 0 Å². The number of nitrogens with zero attached hydrogens (tertiary/aromatic N) is 4. The molecule has 0 bridgehead atoms. The van der Waals surface area contributed by atoms with Crippen molar-refractivity contribution >= 4 is 27.7 Å². The van der Waals surface area contributed by atoms with Gasteiger partial charge in [0.05, 0.1) is 23.6 Å². The van der Waals surface area contributed by atoms with Crippen LogP contribution in [0.15, 0.2) is 62.8 Å². The highest BCUT2D eigenvalue weighted by atomic mass is 32.2. The van der Waals surface area contributed by atoms with Gasteiger partial charge in [-0.15, -0.1) is 0 Å². The fourth-order valence-corrected chi connectivity index (χ4v) is 6.06. The van der Waals surface area contributed by atoms with E-state index in [0.29, 0.717) is 37.7 Å². The minimum Gasteiger partial charge on any atom is -0.467 e. The van der Waals surface area contributed by atoms with E-state index in [1.54, 1.807) is 23.3 Å². The monoisotopic (exact) mass is 490 g/mol. The van der Waals surface area contributed by atoms with Gasteiger partial charge < -0.3 is 14.2 Å². The van der Waals surface area contributed by atoms with Crippen LogP contribution in [0.4, 0.5) is 0 Å². The summed E-state index contributed by atoms with van der Waals surface area (Å²) in [5.41, 5.74) is 1.05. The highest BCUT2D eigenvalue weighted by molar-refractivity contribution is 7.99. The van der Waals surface area contributed by atoms with E-state index < -0.39 is 10.0 Å². The first-order valence-corrected chi connectivity index (χ1v) is 13.7. The Labute approximate surface area is 199 Å². The van der Waals surface area contributed by atoms with Crippen LogP contribution >= 0.6 is 11.8 Å². The number of carbonyl (C=O) groups is 1. The second kappa shape index (κ2) is 10.9.